The van der Waals surface area contributed by atoms with Gasteiger partial charge in [0.2, 0.25) is 0 Å². The van der Waals surface area contributed by atoms with Crippen LogP contribution in [0.3, 0.4) is 0 Å². The lowest BCUT2D eigenvalue weighted by Crippen LogP contribution is -2.10. The van der Waals surface area contributed by atoms with Crippen molar-refractivity contribution < 1.29 is 4.42 Å². The summed E-state index contributed by atoms with van der Waals surface area (Å²) in [6, 6.07) is 69.1. The number of fused-ring (bicyclic) bond motifs is 6. The van der Waals surface area contributed by atoms with Crippen molar-refractivity contribution >= 4 is 60.8 Å². The third-order valence-electron chi connectivity index (χ3n) is 10.0. The molecule has 3 heteroatoms. The van der Waals surface area contributed by atoms with Crippen LogP contribution in [0.15, 0.2) is 199 Å². The van der Waals surface area contributed by atoms with Gasteiger partial charge in [0, 0.05) is 38.6 Å². The summed E-state index contributed by atoms with van der Waals surface area (Å²) in [6.07, 6.45) is 0. The Hall–Kier alpha value is -6.84. The molecule has 0 aliphatic rings. The van der Waals surface area contributed by atoms with Crippen LogP contribution in [-0.4, -0.2) is 4.57 Å². The number of nitrogens with zero attached hydrogens (tertiary/aromatic N) is 2. The van der Waals surface area contributed by atoms with Gasteiger partial charge in [-0.1, -0.05) is 140 Å². The van der Waals surface area contributed by atoms with Crippen LogP contribution >= 0.6 is 0 Å². The normalized spacial score (nSPS) is 11.5. The minimum Gasteiger partial charge on any atom is -0.454 e. The molecule has 0 bridgehead atoms. The molecule has 0 radical (unpaired) electrons. The summed E-state index contributed by atoms with van der Waals surface area (Å²) in [5, 5.41) is 4.66. The van der Waals surface area contributed by atoms with Gasteiger partial charge in [0.05, 0.1) is 16.7 Å². The molecule has 2 heterocycles. The molecule has 8 aromatic carbocycles. The van der Waals surface area contributed by atoms with Crippen molar-refractivity contribution in [3.05, 3.63) is 194 Å². The molecular formula is C48H32N2O. The first kappa shape index (κ1) is 29.1. The number of furan rings is 1. The van der Waals surface area contributed by atoms with Crippen molar-refractivity contribution in [3.8, 4) is 27.9 Å². The van der Waals surface area contributed by atoms with E-state index in [1.54, 1.807) is 0 Å². The van der Waals surface area contributed by atoms with Gasteiger partial charge in [0.25, 0.3) is 0 Å². The minimum absolute atomic E-state index is 0.864. The molecular weight excluding hydrogens is 621 g/mol. The molecule has 0 amide bonds. The van der Waals surface area contributed by atoms with E-state index in [2.05, 4.69) is 191 Å². The molecule has 0 N–H and O–H groups in total. The minimum atomic E-state index is 0.864. The Morgan fingerprint density at radius 1 is 0.373 bits per heavy atom. The molecule has 10 aromatic rings. The SMILES string of the molecule is c1ccc(-c2ccc(-c3ccc(N(c4ccc5c6ccccc6n(-c6ccccc6)c5c4)c4cccc5c4oc4ccccc45)cc3)cc2)cc1. The van der Waals surface area contributed by atoms with E-state index in [4.69, 9.17) is 4.42 Å². The predicted octanol–water partition coefficient (Wildman–Crippen LogP) is 13.5. The predicted molar refractivity (Wildman–Crippen MR) is 214 cm³/mol. The van der Waals surface area contributed by atoms with Gasteiger partial charge < -0.3 is 13.9 Å². The van der Waals surface area contributed by atoms with E-state index in [1.807, 2.05) is 12.1 Å². The molecule has 0 saturated heterocycles. The summed E-state index contributed by atoms with van der Waals surface area (Å²) < 4.78 is 9.00. The van der Waals surface area contributed by atoms with E-state index in [0.717, 1.165) is 50.2 Å². The quantitative estimate of drug-likeness (QED) is 0.178. The zero-order chi connectivity index (χ0) is 33.7. The first-order valence-corrected chi connectivity index (χ1v) is 17.4. The number of aromatic nitrogens is 1. The van der Waals surface area contributed by atoms with E-state index >= 15 is 0 Å². The van der Waals surface area contributed by atoms with E-state index < -0.39 is 0 Å². The standard InChI is InChI=1S/C48H32N2O/c1-3-12-33(13-4-1)34-22-24-35(25-23-34)36-26-28-38(29-27-36)49(45-20-11-18-43-42-17-8-10-21-47(42)51-48(43)45)39-30-31-41-40-16-7-9-19-44(40)50(46(41)32-39)37-14-5-2-6-15-37/h1-32H. The molecule has 51 heavy (non-hydrogen) atoms. The van der Waals surface area contributed by atoms with Crippen molar-refractivity contribution in [2.75, 3.05) is 4.90 Å². The molecule has 0 spiro atoms. The fourth-order valence-electron chi connectivity index (χ4n) is 7.58. The van der Waals surface area contributed by atoms with Gasteiger partial charge >= 0.3 is 0 Å². The third kappa shape index (κ3) is 4.90. The first-order chi connectivity index (χ1) is 25.3. The van der Waals surface area contributed by atoms with E-state index in [-0.39, 0.29) is 0 Å². The number of rotatable bonds is 6. The Balaban J connectivity index is 1.15. The van der Waals surface area contributed by atoms with Crippen molar-refractivity contribution in [1.82, 2.24) is 4.57 Å². The second-order valence-electron chi connectivity index (χ2n) is 13.0. The molecule has 10 rings (SSSR count). The second kappa shape index (κ2) is 11.9. The molecule has 2 aromatic heterocycles. The number of hydrogen-bond acceptors (Lipinski definition) is 2. The molecule has 0 atom stereocenters. The number of hydrogen-bond donors (Lipinski definition) is 0. The fraction of sp³-hybridized carbons (Fsp3) is 0. The van der Waals surface area contributed by atoms with Crippen LogP contribution in [0, 0.1) is 0 Å². The average Bonchev–Trinajstić information content (AvgIpc) is 3.75. The topological polar surface area (TPSA) is 21.3 Å². The Labute approximate surface area is 295 Å². The van der Waals surface area contributed by atoms with E-state index in [9.17, 15) is 0 Å². The summed E-state index contributed by atoms with van der Waals surface area (Å²) in [4.78, 5) is 2.33. The van der Waals surface area contributed by atoms with Gasteiger partial charge in [-0.05, 0) is 76.9 Å². The summed E-state index contributed by atoms with van der Waals surface area (Å²) in [6.45, 7) is 0. The van der Waals surface area contributed by atoms with Gasteiger partial charge in [0.15, 0.2) is 5.58 Å². The van der Waals surface area contributed by atoms with Crippen molar-refractivity contribution in [2.24, 2.45) is 0 Å². The zero-order valence-electron chi connectivity index (χ0n) is 27.8. The van der Waals surface area contributed by atoms with Gasteiger partial charge in [-0.25, -0.2) is 0 Å². The molecule has 0 fully saturated rings. The molecule has 0 unspecified atom stereocenters. The van der Waals surface area contributed by atoms with Crippen LogP contribution < -0.4 is 4.90 Å². The maximum absolute atomic E-state index is 6.63. The highest BCUT2D eigenvalue weighted by Gasteiger charge is 2.21. The van der Waals surface area contributed by atoms with Crippen LogP contribution in [0.2, 0.25) is 0 Å². The highest BCUT2D eigenvalue weighted by molar-refractivity contribution is 6.12. The van der Waals surface area contributed by atoms with Crippen molar-refractivity contribution in [3.63, 3.8) is 0 Å². The lowest BCUT2D eigenvalue weighted by Gasteiger charge is -2.26. The van der Waals surface area contributed by atoms with Gasteiger partial charge in [0.1, 0.15) is 5.58 Å². The largest absolute Gasteiger partial charge is 0.454 e. The van der Waals surface area contributed by atoms with Gasteiger partial charge in [-0.2, -0.15) is 0 Å². The summed E-state index contributed by atoms with van der Waals surface area (Å²) in [5.41, 5.74) is 13.1. The average molecular weight is 653 g/mol. The molecule has 0 aliphatic carbocycles. The number of anilines is 3. The lowest BCUT2D eigenvalue weighted by atomic mass is 10.00. The molecule has 3 nitrogen and oxygen atoms in total. The smallest absolute Gasteiger partial charge is 0.159 e. The second-order valence-corrected chi connectivity index (χ2v) is 13.0. The van der Waals surface area contributed by atoms with E-state index in [0.29, 0.717) is 0 Å². The molecule has 0 saturated carbocycles. The Bertz CT molecular complexity index is 2830. The third-order valence-corrected chi connectivity index (χ3v) is 10.0. The fourth-order valence-corrected chi connectivity index (χ4v) is 7.58. The summed E-state index contributed by atoms with van der Waals surface area (Å²) in [5.74, 6) is 0. The highest BCUT2D eigenvalue weighted by Crippen LogP contribution is 2.44. The maximum atomic E-state index is 6.63. The summed E-state index contributed by atoms with van der Waals surface area (Å²) >= 11 is 0. The number of benzene rings is 8. The van der Waals surface area contributed by atoms with Crippen molar-refractivity contribution in [1.29, 1.82) is 0 Å². The van der Waals surface area contributed by atoms with Crippen LogP contribution in [0.5, 0.6) is 0 Å². The van der Waals surface area contributed by atoms with E-state index in [1.165, 1.54) is 38.5 Å². The van der Waals surface area contributed by atoms with Crippen LogP contribution in [-0.2, 0) is 0 Å². The van der Waals surface area contributed by atoms with Crippen LogP contribution in [0.1, 0.15) is 0 Å². The van der Waals surface area contributed by atoms with Crippen LogP contribution in [0.4, 0.5) is 17.1 Å². The maximum Gasteiger partial charge on any atom is 0.159 e. The Morgan fingerprint density at radius 3 is 1.67 bits per heavy atom. The highest BCUT2D eigenvalue weighted by atomic mass is 16.3. The Kier molecular flexibility index (Phi) is 6.81. The monoisotopic (exact) mass is 652 g/mol. The van der Waals surface area contributed by atoms with Crippen LogP contribution in [0.25, 0.3) is 71.7 Å². The van der Waals surface area contributed by atoms with Gasteiger partial charge in [-0.15, -0.1) is 0 Å². The molecule has 0 aliphatic heterocycles. The lowest BCUT2D eigenvalue weighted by molar-refractivity contribution is 0.669. The first-order valence-electron chi connectivity index (χ1n) is 17.4. The Morgan fingerprint density at radius 2 is 0.922 bits per heavy atom. The van der Waals surface area contributed by atoms with Gasteiger partial charge in [-0.3, -0.25) is 0 Å². The number of para-hydroxylation sites is 4. The molecule has 240 valence electrons. The zero-order valence-corrected chi connectivity index (χ0v) is 27.8. The summed E-state index contributed by atoms with van der Waals surface area (Å²) in [7, 11) is 0. The van der Waals surface area contributed by atoms with Crippen molar-refractivity contribution in [2.45, 2.75) is 0 Å².